The number of anilines is 1. The highest BCUT2D eigenvalue weighted by Crippen LogP contribution is 2.14. The van der Waals surface area contributed by atoms with Gasteiger partial charge < -0.3 is 9.47 Å². The molecule has 1 aromatic rings. The molecular formula is C13H21NO4. The minimum Gasteiger partial charge on any atom is -0.497 e. The fourth-order valence-corrected chi connectivity index (χ4v) is 0.995. The van der Waals surface area contributed by atoms with E-state index in [0.29, 0.717) is 11.4 Å². The molecule has 0 aromatic heterocycles. The summed E-state index contributed by atoms with van der Waals surface area (Å²) in [5.41, 5.74) is 0.578. The number of Topliss-reactive ketones (excluding diaryl/α,β-unsaturated/α-hetero) is 1. The molecule has 1 N–H and O–H groups in total. The Hall–Kier alpha value is -2.04. The predicted molar refractivity (Wildman–Crippen MR) is 72.1 cm³/mol. The molecule has 0 aliphatic rings. The van der Waals surface area contributed by atoms with Crippen LogP contribution in [0.25, 0.3) is 0 Å². The lowest BCUT2D eigenvalue weighted by atomic mass is 10.3. The number of hydrogen-bond acceptors (Lipinski definition) is 4. The number of hydrogen-bond donors (Lipinski definition) is 1. The van der Waals surface area contributed by atoms with Crippen LogP contribution in [0.4, 0.5) is 10.5 Å². The third-order valence-electron chi connectivity index (χ3n) is 1.74. The fraction of sp³-hybridized carbons (Fsp3) is 0.385. The smallest absolute Gasteiger partial charge is 0.412 e. The highest BCUT2D eigenvalue weighted by molar-refractivity contribution is 5.87. The first-order valence-electron chi connectivity index (χ1n) is 4.69. The van der Waals surface area contributed by atoms with Gasteiger partial charge in [-0.2, -0.15) is 0 Å². The van der Waals surface area contributed by atoms with E-state index >= 15 is 0 Å². The average molecular weight is 255 g/mol. The Kier molecular flexibility index (Phi) is 9.20. The topological polar surface area (TPSA) is 64.6 Å². The van der Waals surface area contributed by atoms with Crippen LogP contribution < -0.4 is 10.1 Å². The van der Waals surface area contributed by atoms with E-state index in [1.807, 2.05) is 0 Å². The van der Waals surface area contributed by atoms with Crippen LogP contribution in [0.5, 0.6) is 5.75 Å². The quantitative estimate of drug-likeness (QED) is 0.897. The zero-order chi connectivity index (χ0) is 12.0. The van der Waals surface area contributed by atoms with Crippen molar-refractivity contribution in [3.05, 3.63) is 24.3 Å². The fourth-order valence-electron chi connectivity index (χ4n) is 0.995. The highest BCUT2D eigenvalue weighted by Gasteiger charge is 2.04. The summed E-state index contributed by atoms with van der Waals surface area (Å²) in [4.78, 5) is 21.7. The van der Waals surface area contributed by atoms with Crippen molar-refractivity contribution in [1.82, 2.24) is 0 Å². The number of nitrogens with one attached hydrogen (secondary N) is 1. The van der Waals surface area contributed by atoms with Gasteiger partial charge in [-0.25, -0.2) is 4.79 Å². The van der Waals surface area contributed by atoms with E-state index in [9.17, 15) is 9.59 Å². The first kappa shape index (κ1) is 18.3. The van der Waals surface area contributed by atoms with Crippen molar-refractivity contribution >= 4 is 17.6 Å². The SMILES string of the molecule is C.C.COc1ccc(NC(=O)OCC(C)=O)cc1. The molecule has 0 radical (unpaired) electrons. The summed E-state index contributed by atoms with van der Waals surface area (Å²) < 4.78 is 9.60. The Labute approximate surface area is 108 Å². The maximum atomic E-state index is 11.2. The summed E-state index contributed by atoms with van der Waals surface area (Å²) in [6, 6.07) is 6.77. The van der Waals surface area contributed by atoms with Crippen LogP contribution in [0.2, 0.25) is 0 Å². The van der Waals surface area contributed by atoms with Crippen molar-refractivity contribution < 1.29 is 19.1 Å². The number of carbonyl (C=O) groups excluding carboxylic acids is 2. The molecule has 18 heavy (non-hydrogen) atoms. The van der Waals surface area contributed by atoms with Crippen molar-refractivity contribution in [3.63, 3.8) is 0 Å². The molecule has 0 atom stereocenters. The van der Waals surface area contributed by atoms with Crippen LogP contribution in [0.15, 0.2) is 24.3 Å². The minimum atomic E-state index is -0.652. The molecule has 0 fully saturated rings. The maximum Gasteiger partial charge on any atom is 0.412 e. The molecule has 5 heteroatoms. The number of methoxy groups -OCH3 is 1. The molecule has 0 unspecified atom stereocenters. The largest absolute Gasteiger partial charge is 0.497 e. The number of ether oxygens (including phenoxy) is 2. The van der Waals surface area contributed by atoms with Gasteiger partial charge in [-0.15, -0.1) is 0 Å². The normalized spacial score (nSPS) is 8.33. The molecule has 0 spiro atoms. The molecular weight excluding hydrogens is 234 g/mol. The van der Waals surface area contributed by atoms with Crippen molar-refractivity contribution in [3.8, 4) is 5.75 Å². The van der Waals surface area contributed by atoms with Crippen LogP contribution in [0, 0.1) is 0 Å². The Balaban J connectivity index is 0. The van der Waals surface area contributed by atoms with E-state index in [0.717, 1.165) is 0 Å². The van der Waals surface area contributed by atoms with Gasteiger partial charge in [0.1, 0.15) is 5.75 Å². The molecule has 1 aromatic carbocycles. The highest BCUT2D eigenvalue weighted by atomic mass is 16.5. The lowest BCUT2D eigenvalue weighted by Gasteiger charge is -2.06. The van der Waals surface area contributed by atoms with Crippen molar-refractivity contribution in [1.29, 1.82) is 0 Å². The second kappa shape index (κ2) is 9.04. The predicted octanol–water partition coefficient (Wildman–Crippen LogP) is 3.10. The van der Waals surface area contributed by atoms with Gasteiger partial charge in [-0.1, -0.05) is 14.9 Å². The van der Waals surface area contributed by atoms with Gasteiger partial charge in [0, 0.05) is 5.69 Å². The summed E-state index contributed by atoms with van der Waals surface area (Å²) in [5.74, 6) is 0.493. The maximum absolute atomic E-state index is 11.2. The number of ketones is 1. The van der Waals surface area contributed by atoms with E-state index in [1.54, 1.807) is 31.4 Å². The Morgan fingerprint density at radius 2 is 1.72 bits per heavy atom. The van der Waals surface area contributed by atoms with E-state index in [4.69, 9.17) is 4.74 Å². The molecule has 1 amide bonds. The molecule has 0 saturated carbocycles. The molecule has 0 aliphatic heterocycles. The van der Waals surface area contributed by atoms with E-state index in [-0.39, 0.29) is 27.2 Å². The summed E-state index contributed by atoms with van der Waals surface area (Å²) in [5, 5.41) is 2.48. The standard InChI is InChI=1S/C11H13NO4.2CH4/c1-8(13)7-16-11(14)12-9-3-5-10(15-2)6-4-9;;/h3-6H,7H2,1-2H3,(H,12,14);2*1H4. The number of carbonyl (C=O) groups is 2. The third-order valence-corrected chi connectivity index (χ3v) is 1.74. The zero-order valence-electron chi connectivity index (χ0n) is 9.15. The molecule has 5 nitrogen and oxygen atoms in total. The Bertz CT molecular complexity index is 373. The molecule has 1 rings (SSSR count). The molecule has 102 valence electrons. The number of amides is 1. The minimum absolute atomic E-state index is 0. The van der Waals surface area contributed by atoms with Gasteiger partial charge in [-0.05, 0) is 31.2 Å². The molecule has 0 bridgehead atoms. The summed E-state index contributed by atoms with van der Waals surface area (Å²) in [6.45, 7) is 1.13. The Morgan fingerprint density at radius 1 is 1.17 bits per heavy atom. The summed E-state index contributed by atoms with van der Waals surface area (Å²) in [7, 11) is 1.56. The number of rotatable bonds is 4. The van der Waals surface area contributed by atoms with Gasteiger partial charge in [0.25, 0.3) is 0 Å². The van der Waals surface area contributed by atoms with Crippen LogP contribution in [0.1, 0.15) is 21.8 Å². The second-order valence-electron chi connectivity index (χ2n) is 3.13. The van der Waals surface area contributed by atoms with Gasteiger partial charge in [0.15, 0.2) is 12.4 Å². The van der Waals surface area contributed by atoms with Gasteiger partial charge in [0.05, 0.1) is 7.11 Å². The first-order chi connectivity index (χ1) is 7.61. The van der Waals surface area contributed by atoms with E-state index < -0.39 is 6.09 Å². The van der Waals surface area contributed by atoms with E-state index in [2.05, 4.69) is 10.1 Å². The molecule has 0 heterocycles. The van der Waals surface area contributed by atoms with Crippen LogP contribution in [-0.2, 0) is 9.53 Å². The first-order valence-corrected chi connectivity index (χ1v) is 4.69. The van der Waals surface area contributed by atoms with Crippen molar-refractivity contribution in [2.24, 2.45) is 0 Å². The zero-order valence-corrected chi connectivity index (χ0v) is 9.15. The van der Waals surface area contributed by atoms with Crippen LogP contribution in [-0.4, -0.2) is 25.6 Å². The lowest BCUT2D eigenvalue weighted by Crippen LogP contribution is -2.17. The van der Waals surface area contributed by atoms with Crippen LogP contribution in [0.3, 0.4) is 0 Å². The van der Waals surface area contributed by atoms with Crippen LogP contribution >= 0.6 is 0 Å². The lowest BCUT2D eigenvalue weighted by molar-refractivity contribution is -0.119. The monoisotopic (exact) mass is 255 g/mol. The van der Waals surface area contributed by atoms with Gasteiger partial charge in [0.2, 0.25) is 0 Å². The average Bonchev–Trinajstić information content (AvgIpc) is 2.27. The Morgan fingerprint density at radius 3 is 2.17 bits per heavy atom. The molecule has 0 saturated heterocycles. The summed E-state index contributed by atoms with van der Waals surface area (Å²) in [6.07, 6.45) is -0.652. The second-order valence-corrected chi connectivity index (χ2v) is 3.13. The molecule has 0 aliphatic carbocycles. The van der Waals surface area contributed by atoms with E-state index in [1.165, 1.54) is 6.92 Å². The third kappa shape index (κ3) is 6.52. The van der Waals surface area contributed by atoms with Gasteiger partial charge >= 0.3 is 6.09 Å². The summed E-state index contributed by atoms with van der Waals surface area (Å²) >= 11 is 0. The van der Waals surface area contributed by atoms with Crippen molar-refractivity contribution in [2.45, 2.75) is 21.8 Å². The van der Waals surface area contributed by atoms with Gasteiger partial charge in [-0.3, -0.25) is 10.1 Å². The van der Waals surface area contributed by atoms with Crippen molar-refractivity contribution in [2.75, 3.05) is 19.0 Å². The number of benzene rings is 1.